The maximum absolute atomic E-state index is 12.7. The van der Waals surface area contributed by atoms with Crippen molar-refractivity contribution >= 4 is 16.7 Å². The zero-order valence-corrected chi connectivity index (χ0v) is 14.9. The summed E-state index contributed by atoms with van der Waals surface area (Å²) in [5.41, 5.74) is 2.08. The molecule has 1 aromatic heterocycles. The van der Waals surface area contributed by atoms with Gasteiger partial charge in [0.15, 0.2) is 0 Å². The quantitative estimate of drug-likeness (QED) is 0.544. The highest BCUT2D eigenvalue weighted by atomic mass is 16.1. The molecule has 0 fully saturated rings. The first-order chi connectivity index (χ1) is 13.3. The van der Waals surface area contributed by atoms with Crippen LogP contribution in [-0.4, -0.2) is 15.9 Å². The standard InChI is InChI=1S/C23H21N3O/c27-23(15-17-10-11-18-6-4-5-9-20(18)14-17)26-21(16-22-24-12-13-25-22)19-7-2-1-3-8-19/h1-14,21H,15-16H2,(H,24,25)(H,26,27)/t21-/m0/s1. The molecular weight excluding hydrogens is 334 g/mol. The summed E-state index contributed by atoms with van der Waals surface area (Å²) in [6.45, 7) is 0. The number of nitrogens with one attached hydrogen (secondary N) is 2. The van der Waals surface area contributed by atoms with Crippen LogP contribution in [0.25, 0.3) is 10.8 Å². The summed E-state index contributed by atoms with van der Waals surface area (Å²) in [6.07, 6.45) is 4.51. The van der Waals surface area contributed by atoms with E-state index in [-0.39, 0.29) is 11.9 Å². The van der Waals surface area contributed by atoms with E-state index in [0.717, 1.165) is 22.3 Å². The Morgan fingerprint density at radius 1 is 0.963 bits per heavy atom. The lowest BCUT2D eigenvalue weighted by atomic mass is 10.0. The van der Waals surface area contributed by atoms with E-state index in [9.17, 15) is 4.79 Å². The zero-order chi connectivity index (χ0) is 18.5. The minimum atomic E-state index is -0.120. The fourth-order valence-electron chi connectivity index (χ4n) is 3.32. The highest BCUT2D eigenvalue weighted by molar-refractivity contribution is 5.85. The van der Waals surface area contributed by atoms with E-state index in [0.29, 0.717) is 12.8 Å². The topological polar surface area (TPSA) is 57.8 Å². The molecule has 4 nitrogen and oxygen atoms in total. The van der Waals surface area contributed by atoms with Crippen molar-refractivity contribution in [2.24, 2.45) is 0 Å². The fraction of sp³-hybridized carbons (Fsp3) is 0.130. The molecule has 0 saturated heterocycles. The molecule has 0 saturated carbocycles. The van der Waals surface area contributed by atoms with Crippen molar-refractivity contribution in [3.8, 4) is 0 Å². The van der Waals surface area contributed by atoms with Crippen LogP contribution >= 0.6 is 0 Å². The second kappa shape index (κ2) is 7.87. The Balaban J connectivity index is 1.50. The molecule has 0 aliphatic rings. The molecule has 4 aromatic rings. The summed E-state index contributed by atoms with van der Waals surface area (Å²) in [6, 6.07) is 24.2. The lowest BCUT2D eigenvalue weighted by Gasteiger charge is -2.18. The van der Waals surface area contributed by atoms with Gasteiger partial charge in [-0.05, 0) is 21.9 Å². The fourth-order valence-corrected chi connectivity index (χ4v) is 3.32. The third kappa shape index (κ3) is 4.23. The zero-order valence-electron chi connectivity index (χ0n) is 14.9. The Hall–Kier alpha value is -3.40. The van der Waals surface area contributed by atoms with Crippen molar-refractivity contribution < 1.29 is 4.79 Å². The van der Waals surface area contributed by atoms with Gasteiger partial charge in [0.05, 0.1) is 12.5 Å². The number of imidazole rings is 1. The molecule has 0 radical (unpaired) electrons. The van der Waals surface area contributed by atoms with Crippen molar-refractivity contribution in [3.05, 3.63) is 102 Å². The maximum atomic E-state index is 12.7. The Kier molecular flexibility index (Phi) is 4.97. The van der Waals surface area contributed by atoms with Gasteiger partial charge in [-0.25, -0.2) is 4.98 Å². The number of carbonyl (C=O) groups is 1. The summed E-state index contributed by atoms with van der Waals surface area (Å²) in [7, 11) is 0. The summed E-state index contributed by atoms with van der Waals surface area (Å²) < 4.78 is 0. The molecule has 3 aromatic carbocycles. The van der Waals surface area contributed by atoms with Gasteiger partial charge in [0, 0.05) is 18.8 Å². The third-order valence-electron chi connectivity index (χ3n) is 4.67. The number of hydrogen-bond acceptors (Lipinski definition) is 2. The van der Waals surface area contributed by atoms with Gasteiger partial charge in [-0.2, -0.15) is 0 Å². The first-order valence-electron chi connectivity index (χ1n) is 9.08. The molecule has 1 amide bonds. The number of amides is 1. The van der Waals surface area contributed by atoms with E-state index in [1.165, 1.54) is 5.39 Å². The first-order valence-corrected chi connectivity index (χ1v) is 9.08. The van der Waals surface area contributed by atoms with Gasteiger partial charge >= 0.3 is 0 Å². The van der Waals surface area contributed by atoms with Gasteiger partial charge in [0.25, 0.3) is 0 Å². The van der Waals surface area contributed by atoms with Crippen LogP contribution in [0.15, 0.2) is 85.2 Å². The largest absolute Gasteiger partial charge is 0.349 e. The number of fused-ring (bicyclic) bond motifs is 1. The van der Waals surface area contributed by atoms with Crippen LogP contribution in [0.5, 0.6) is 0 Å². The van der Waals surface area contributed by atoms with Crippen LogP contribution in [0.3, 0.4) is 0 Å². The van der Waals surface area contributed by atoms with E-state index in [1.807, 2.05) is 48.5 Å². The van der Waals surface area contributed by atoms with Crippen LogP contribution in [0.4, 0.5) is 0 Å². The third-order valence-corrected chi connectivity index (χ3v) is 4.67. The number of carbonyl (C=O) groups excluding carboxylic acids is 1. The molecule has 0 aliphatic heterocycles. The molecule has 0 unspecified atom stereocenters. The predicted octanol–water partition coefficient (Wildman–Crippen LogP) is 4.21. The number of hydrogen-bond donors (Lipinski definition) is 2. The van der Waals surface area contributed by atoms with Crippen LogP contribution < -0.4 is 5.32 Å². The van der Waals surface area contributed by atoms with Gasteiger partial charge in [-0.3, -0.25) is 4.79 Å². The van der Waals surface area contributed by atoms with Crippen LogP contribution in [0, 0.1) is 0 Å². The van der Waals surface area contributed by atoms with Crippen molar-refractivity contribution in [2.45, 2.75) is 18.9 Å². The normalized spacial score (nSPS) is 12.0. The molecule has 0 aliphatic carbocycles. The second-order valence-electron chi connectivity index (χ2n) is 6.63. The van der Waals surface area contributed by atoms with Crippen molar-refractivity contribution in [2.75, 3.05) is 0 Å². The maximum Gasteiger partial charge on any atom is 0.224 e. The van der Waals surface area contributed by atoms with Crippen LogP contribution in [0.1, 0.15) is 23.0 Å². The van der Waals surface area contributed by atoms with Crippen molar-refractivity contribution in [1.82, 2.24) is 15.3 Å². The average molecular weight is 355 g/mol. The van der Waals surface area contributed by atoms with E-state index in [2.05, 4.69) is 39.6 Å². The minimum absolute atomic E-state index is 0.00527. The Morgan fingerprint density at radius 3 is 2.52 bits per heavy atom. The van der Waals surface area contributed by atoms with Crippen LogP contribution in [-0.2, 0) is 17.6 Å². The molecular formula is C23H21N3O. The van der Waals surface area contributed by atoms with E-state index < -0.39 is 0 Å². The lowest BCUT2D eigenvalue weighted by molar-refractivity contribution is -0.121. The second-order valence-corrected chi connectivity index (χ2v) is 6.63. The minimum Gasteiger partial charge on any atom is -0.349 e. The van der Waals surface area contributed by atoms with E-state index in [4.69, 9.17) is 0 Å². The number of H-pyrrole nitrogens is 1. The number of rotatable bonds is 6. The van der Waals surface area contributed by atoms with Gasteiger partial charge in [-0.1, -0.05) is 72.8 Å². The average Bonchev–Trinajstić information content (AvgIpc) is 3.21. The molecule has 1 atom stereocenters. The molecule has 1 heterocycles. The molecule has 27 heavy (non-hydrogen) atoms. The molecule has 0 spiro atoms. The number of benzene rings is 3. The lowest BCUT2D eigenvalue weighted by Crippen LogP contribution is -2.31. The van der Waals surface area contributed by atoms with Gasteiger partial charge < -0.3 is 10.3 Å². The molecule has 2 N–H and O–H groups in total. The van der Waals surface area contributed by atoms with Gasteiger partial charge in [-0.15, -0.1) is 0 Å². The summed E-state index contributed by atoms with van der Waals surface area (Å²) in [5.74, 6) is 0.862. The van der Waals surface area contributed by atoms with Crippen molar-refractivity contribution in [3.63, 3.8) is 0 Å². The molecule has 4 rings (SSSR count). The molecule has 4 heteroatoms. The number of aromatic amines is 1. The predicted molar refractivity (Wildman–Crippen MR) is 107 cm³/mol. The first kappa shape index (κ1) is 17.0. The highest BCUT2D eigenvalue weighted by Crippen LogP contribution is 2.19. The van der Waals surface area contributed by atoms with Gasteiger partial charge in [0.1, 0.15) is 5.82 Å². The van der Waals surface area contributed by atoms with Gasteiger partial charge in [0.2, 0.25) is 5.91 Å². The van der Waals surface area contributed by atoms with Crippen molar-refractivity contribution in [1.29, 1.82) is 0 Å². The highest BCUT2D eigenvalue weighted by Gasteiger charge is 2.16. The summed E-state index contributed by atoms with van der Waals surface area (Å²) in [4.78, 5) is 20.1. The van der Waals surface area contributed by atoms with Crippen LogP contribution in [0.2, 0.25) is 0 Å². The van der Waals surface area contributed by atoms with E-state index in [1.54, 1.807) is 12.4 Å². The smallest absolute Gasteiger partial charge is 0.224 e. The molecule has 0 bridgehead atoms. The Morgan fingerprint density at radius 2 is 1.74 bits per heavy atom. The monoisotopic (exact) mass is 355 g/mol. The number of aromatic nitrogens is 2. The summed E-state index contributed by atoms with van der Waals surface area (Å²) >= 11 is 0. The Bertz CT molecular complexity index is 1030. The summed E-state index contributed by atoms with van der Waals surface area (Å²) in [5, 5.41) is 5.50. The molecule has 134 valence electrons. The number of nitrogens with zero attached hydrogens (tertiary/aromatic N) is 1. The Labute approximate surface area is 158 Å². The van der Waals surface area contributed by atoms with E-state index >= 15 is 0 Å². The SMILES string of the molecule is O=C(Cc1ccc2ccccc2c1)N[C@@H](Cc1ncc[nH]1)c1ccccc1.